The second-order valence-corrected chi connectivity index (χ2v) is 7.88. The number of benzene rings is 1. The average Bonchev–Trinajstić information content (AvgIpc) is 2.51. The maximum absolute atomic E-state index is 12.5. The molecule has 1 aliphatic rings. The zero-order chi connectivity index (χ0) is 17.2. The molecule has 0 radical (unpaired) electrons. The van der Waals surface area contributed by atoms with Crippen LogP contribution in [0.2, 0.25) is 0 Å². The lowest BCUT2D eigenvalue weighted by atomic mass is 9.99. The molecule has 23 heavy (non-hydrogen) atoms. The van der Waals surface area contributed by atoms with Gasteiger partial charge in [-0.15, -0.1) is 0 Å². The topological polar surface area (TPSA) is 66.9 Å². The number of methoxy groups -OCH3 is 1. The van der Waals surface area contributed by atoms with Crippen molar-refractivity contribution in [2.75, 3.05) is 39.5 Å². The number of rotatable bonds is 4. The Morgan fingerprint density at radius 3 is 2.26 bits per heavy atom. The molecule has 0 aliphatic carbocycles. The molecule has 0 aromatic heterocycles. The first-order valence-corrected chi connectivity index (χ1v) is 9.45. The SMILES string of the molecule is COc1ccc(CC(=O)N2CCN(S(C)(=O)=O)CC2)c(C)c1C. The van der Waals surface area contributed by atoms with Crippen LogP contribution in [0.3, 0.4) is 0 Å². The summed E-state index contributed by atoms with van der Waals surface area (Å²) in [6.45, 7) is 5.59. The van der Waals surface area contributed by atoms with Crippen LogP contribution in [0, 0.1) is 13.8 Å². The predicted molar refractivity (Wildman–Crippen MR) is 89.2 cm³/mol. The molecule has 0 spiro atoms. The second kappa shape index (κ2) is 6.88. The minimum absolute atomic E-state index is 0.0332. The van der Waals surface area contributed by atoms with E-state index >= 15 is 0 Å². The zero-order valence-electron chi connectivity index (χ0n) is 14.1. The van der Waals surface area contributed by atoms with Crippen LogP contribution in [0.1, 0.15) is 16.7 Å². The number of ether oxygens (including phenoxy) is 1. The van der Waals surface area contributed by atoms with Crippen LogP contribution < -0.4 is 4.74 Å². The fourth-order valence-electron chi connectivity index (χ4n) is 2.81. The van der Waals surface area contributed by atoms with Gasteiger partial charge in [-0.05, 0) is 36.6 Å². The van der Waals surface area contributed by atoms with Crippen LogP contribution in [-0.2, 0) is 21.2 Å². The predicted octanol–water partition coefficient (Wildman–Crippen LogP) is 0.958. The Hall–Kier alpha value is -1.60. The Balaban J connectivity index is 2.02. The second-order valence-electron chi connectivity index (χ2n) is 5.90. The summed E-state index contributed by atoms with van der Waals surface area (Å²) in [5.41, 5.74) is 3.09. The minimum atomic E-state index is -3.17. The van der Waals surface area contributed by atoms with Gasteiger partial charge in [-0.25, -0.2) is 8.42 Å². The Bertz CT molecular complexity index is 692. The summed E-state index contributed by atoms with van der Waals surface area (Å²) in [6, 6.07) is 3.80. The molecule has 7 heteroatoms. The van der Waals surface area contributed by atoms with Crippen LogP contribution in [0.15, 0.2) is 12.1 Å². The largest absolute Gasteiger partial charge is 0.496 e. The molecule has 1 aromatic rings. The molecule has 1 fully saturated rings. The standard InChI is InChI=1S/C16H24N2O4S/c1-12-13(2)15(22-3)6-5-14(12)11-16(19)17-7-9-18(10-8-17)23(4,20)21/h5-6H,7-11H2,1-4H3. The van der Waals surface area contributed by atoms with E-state index in [1.165, 1.54) is 10.6 Å². The quantitative estimate of drug-likeness (QED) is 0.819. The highest BCUT2D eigenvalue weighted by atomic mass is 32.2. The van der Waals surface area contributed by atoms with Crippen LogP contribution in [0.4, 0.5) is 0 Å². The van der Waals surface area contributed by atoms with E-state index in [2.05, 4.69) is 0 Å². The number of sulfonamides is 1. The van der Waals surface area contributed by atoms with Crippen molar-refractivity contribution in [3.63, 3.8) is 0 Å². The van der Waals surface area contributed by atoms with Crippen molar-refractivity contribution in [2.24, 2.45) is 0 Å². The number of hydrogen-bond donors (Lipinski definition) is 0. The Morgan fingerprint density at radius 1 is 1.13 bits per heavy atom. The fraction of sp³-hybridized carbons (Fsp3) is 0.562. The van der Waals surface area contributed by atoms with Crippen LogP contribution in [0.5, 0.6) is 5.75 Å². The number of nitrogens with zero attached hydrogens (tertiary/aromatic N) is 2. The van der Waals surface area contributed by atoms with Crippen molar-refractivity contribution in [3.05, 3.63) is 28.8 Å². The first-order chi connectivity index (χ1) is 10.7. The monoisotopic (exact) mass is 340 g/mol. The highest BCUT2D eigenvalue weighted by Gasteiger charge is 2.26. The van der Waals surface area contributed by atoms with Gasteiger partial charge in [0.2, 0.25) is 15.9 Å². The first-order valence-electron chi connectivity index (χ1n) is 7.60. The molecule has 0 unspecified atom stereocenters. The summed E-state index contributed by atoms with van der Waals surface area (Å²) in [6.07, 6.45) is 1.53. The van der Waals surface area contributed by atoms with Gasteiger partial charge in [0, 0.05) is 26.2 Å². The van der Waals surface area contributed by atoms with E-state index in [0.717, 1.165) is 22.4 Å². The minimum Gasteiger partial charge on any atom is -0.496 e. The third-order valence-electron chi connectivity index (χ3n) is 4.47. The summed E-state index contributed by atoms with van der Waals surface area (Å²) < 4.78 is 29.7. The highest BCUT2D eigenvalue weighted by molar-refractivity contribution is 7.88. The third-order valence-corrected chi connectivity index (χ3v) is 5.77. The normalized spacial score (nSPS) is 16.4. The van der Waals surface area contributed by atoms with Gasteiger partial charge in [0.1, 0.15) is 5.75 Å². The summed E-state index contributed by atoms with van der Waals surface area (Å²) in [5.74, 6) is 0.853. The molecule has 6 nitrogen and oxygen atoms in total. The molecule has 1 amide bonds. The van der Waals surface area contributed by atoms with Crippen molar-refractivity contribution >= 4 is 15.9 Å². The molecular formula is C16H24N2O4S. The molecule has 1 aliphatic heterocycles. The van der Waals surface area contributed by atoms with E-state index < -0.39 is 10.0 Å². The molecule has 1 heterocycles. The maximum atomic E-state index is 12.5. The van der Waals surface area contributed by atoms with E-state index in [9.17, 15) is 13.2 Å². The molecule has 1 saturated heterocycles. The van der Waals surface area contributed by atoms with Crippen LogP contribution in [-0.4, -0.2) is 63.1 Å². The molecule has 1 aromatic carbocycles. The van der Waals surface area contributed by atoms with Gasteiger partial charge in [-0.3, -0.25) is 4.79 Å². The van der Waals surface area contributed by atoms with Crippen molar-refractivity contribution in [1.82, 2.24) is 9.21 Å². The van der Waals surface area contributed by atoms with E-state index in [1.807, 2.05) is 26.0 Å². The molecule has 0 N–H and O–H groups in total. The number of piperazine rings is 1. The molecule has 0 atom stereocenters. The van der Waals surface area contributed by atoms with Crippen LogP contribution in [0.25, 0.3) is 0 Å². The number of amides is 1. The molecule has 128 valence electrons. The average molecular weight is 340 g/mol. The summed E-state index contributed by atoms with van der Waals surface area (Å²) in [5, 5.41) is 0. The number of carbonyl (C=O) groups is 1. The van der Waals surface area contributed by atoms with Crippen molar-refractivity contribution < 1.29 is 17.9 Å². The molecular weight excluding hydrogens is 316 g/mol. The van der Waals surface area contributed by atoms with Gasteiger partial charge in [-0.1, -0.05) is 6.07 Å². The maximum Gasteiger partial charge on any atom is 0.227 e. The Morgan fingerprint density at radius 2 is 1.74 bits per heavy atom. The van der Waals surface area contributed by atoms with Gasteiger partial charge in [-0.2, -0.15) is 4.31 Å². The lowest BCUT2D eigenvalue weighted by Crippen LogP contribution is -2.50. The molecule has 0 saturated carbocycles. The summed E-state index contributed by atoms with van der Waals surface area (Å²) in [7, 11) is -1.54. The van der Waals surface area contributed by atoms with Gasteiger partial charge in [0.05, 0.1) is 19.8 Å². The third kappa shape index (κ3) is 4.03. The highest BCUT2D eigenvalue weighted by Crippen LogP contribution is 2.24. The van der Waals surface area contributed by atoms with Crippen molar-refractivity contribution in [1.29, 1.82) is 0 Å². The number of carbonyl (C=O) groups excluding carboxylic acids is 1. The Labute approximate surface area is 138 Å². The van der Waals surface area contributed by atoms with Gasteiger partial charge in [0.25, 0.3) is 0 Å². The van der Waals surface area contributed by atoms with E-state index in [0.29, 0.717) is 32.6 Å². The molecule has 0 bridgehead atoms. The summed E-state index contributed by atoms with van der Waals surface area (Å²) >= 11 is 0. The van der Waals surface area contributed by atoms with E-state index in [4.69, 9.17) is 4.74 Å². The number of hydrogen-bond acceptors (Lipinski definition) is 4. The fourth-order valence-corrected chi connectivity index (χ4v) is 3.64. The van der Waals surface area contributed by atoms with Crippen LogP contribution >= 0.6 is 0 Å². The summed E-state index contributed by atoms with van der Waals surface area (Å²) in [4.78, 5) is 14.2. The smallest absolute Gasteiger partial charge is 0.227 e. The zero-order valence-corrected chi connectivity index (χ0v) is 14.9. The van der Waals surface area contributed by atoms with Gasteiger partial charge >= 0.3 is 0 Å². The van der Waals surface area contributed by atoms with E-state index in [-0.39, 0.29) is 5.91 Å². The van der Waals surface area contributed by atoms with E-state index in [1.54, 1.807) is 12.0 Å². The van der Waals surface area contributed by atoms with Gasteiger partial charge in [0.15, 0.2) is 0 Å². The van der Waals surface area contributed by atoms with Crippen molar-refractivity contribution in [2.45, 2.75) is 20.3 Å². The molecule has 2 rings (SSSR count). The van der Waals surface area contributed by atoms with Gasteiger partial charge < -0.3 is 9.64 Å². The lowest BCUT2D eigenvalue weighted by molar-refractivity contribution is -0.131. The Kier molecular flexibility index (Phi) is 5.31. The van der Waals surface area contributed by atoms with Crippen molar-refractivity contribution in [3.8, 4) is 5.75 Å². The lowest BCUT2D eigenvalue weighted by Gasteiger charge is -2.33. The first kappa shape index (κ1) is 17.7.